The predicted octanol–water partition coefficient (Wildman–Crippen LogP) is 5.50. The van der Waals surface area contributed by atoms with Crippen LogP contribution in [0.1, 0.15) is 40.0 Å². The Hall–Kier alpha value is -3.00. The molecule has 1 heterocycles. The van der Waals surface area contributed by atoms with Crippen molar-refractivity contribution in [1.82, 2.24) is 9.55 Å². The molecule has 0 radical (unpaired) electrons. The lowest BCUT2D eigenvalue weighted by atomic mass is 9.75. The third-order valence-corrected chi connectivity index (χ3v) is 7.85. The number of hydrogen-bond donors (Lipinski definition) is 0. The highest BCUT2D eigenvalue weighted by Crippen LogP contribution is 2.36. The molecule has 1 aromatic heterocycles. The topological polar surface area (TPSA) is 79.7 Å². The van der Waals surface area contributed by atoms with Crippen molar-refractivity contribution in [2.45, 2.75) is 51.3 Å². The van der Waals surface area contributed by atoms with Crippen LogP contribution in [0.5, 0.6) is 11.5 Å². The number of thioether (sulfide) groups is 1. The van der Waals surface area contributed by atoms with E-state index in [0.29, 0.717) is 51.0 Å². The van der Waals surface area contributed by atoms with Crippen LogP contribution in [0.25, 0.3) is 16.6 Å². The van der Waals surface area contributed by atoms with Crippen LogP contribution in [0, 0.1) is 17.8 Å². The predicted molar refractivity (Wildman–Crippen MR) is 142 cm³/mol. The summed E-state index contributed by atoms with van der Waals surface area (Å²) in [6.45, 7) is 6.59. The number of para-hydroxylation sites is 1. The number of hydrogen-bond acceptors (Lipinski definition) is 7. The molecule has 0 spiro atoms. The molecule has 8 heteroatoms. The van der Waals surface area contributed by atoms with Crippen molar-refractivity contribution in [3.63, 3.8) is 0 Å². The van der Waals surface area contributed by atoms with Crippen LogP contribution in [-0.2, 0) is 9.53 Å². The van der Waals surface area contributed by atoms with Crippen LogP contribution in [0.2, 0.25) is 0 Å². The molecule has 36 heavy (non-hydrogen) atoms. The minimum absolute atomic E-state index is 0.0484. The molecule has 1 aliphatic rings. The highest BCUT2D eigenvalue weighted by Gasteiger charge is 2.33. The van der Waals surface area contributed by atoms with Gasteiger partial charge in [0, 0.05) is 6.07 Å². The quantitative estimate of drug-likeness (QED) is 0.225. The molecular weight excluding hydrogens is 476 g/mol. The van der Waals surface area contributed by atoms with Gasteiger partial charge in [-0.3, -0.25) is 14.2 Å². The Kier molecular flexibility index (Phi) is 8.24. The first kappa shape index (κ1) is 26.1. The zero-order valence-electron chi connectivity index (χ0n) is 21.5. The summed E-state index contributed by atoms with van der Waals surface area (Å²) in [4.78, 5) is 31.3. The fraction of sp³-hybridized carbons (Fsp3) is 0.464. The first-order valence-electron chi connectivity index (χ1n) is 12.4. The van der Waals surface area contributed by atoms with Crippen molar-refractivity contribution in [2.24, 2.45) is 17.8 Å². The SMILES string of the molecule is COc1ccc(OC)c(-n2c(SCC(=O)O[C@@H]3C[C@@H](C)CC[C@H]3C(C)C)nc3ccccc3c2=O)c1. The summed E-state index contributed by atoms with van der Waals surface area (Å²) >= 11 is 1.19. The van der Waals surface area contributed by atoms with Crippen molar-refractivity contribution in [3.8, 4) is 17.2 Å². The highest BCUT2D eigenvalue weighted by atomic mass is 32.2. The van der Waals surface area contributed by atoms with Crippen LogP contribution in [0.4, 0.5) is 0 Å². The summed E-state index contributed by atoms with van der Waals surface area (Å²) in [6, 6.07) is 12.4. The molecule has 0 saturated heterocycles. The first-order valence-corrected chi connectivity index (χ1v) is 13.4. The second-order valence-corrected chi connectivity index (χ2v) is 10.7. The Morgan fingerprint density at radius 3 is 2.64 bits per heavy atom. The summed E-state index contributed by atoms with van der Waals surface area (Å²) < 4.78 is 18.4. The molecule has 3 atom stereocenters. The number of benzene rings is 2. The average molecular weight is 511 g/mol. The molecule has 7 nitrogen and oxygen atoms in total. The largest absolute Gasteiger partial charge is 0.497 e. The number of ether oxygens (including phenoxy) is 3. The Morgan fingerprint density at radius 2 is 1.92 bits per heavy atom. The summed E-state index contributed by atoms with van der Waals surface area (Å²) in [5.41, 5.74) is 0.818. The molecular formula is C28H34N2O5S. The molecule has 4 rings (SSSR count). The van der Waals surface area contributed by atoms with E-state index in [4.69, 9.17) is 19.2 Å². The van der Waals surface area contributed by atoms with Gasteiger partial charge in [-0.25, -0.2) is 4.98 Å². The van der Waals surface area contributed by atoms with Crippen molar-refractivity contribution in [1.29, 1.82) is 0 Å². The summed E-state index contributed by atoms with van der Waals surface area (Å²) in [7, 11) is 3.11. The molecule has 0 aliphatic heterocycles. The van der Waals surface area contributed by atoms with Crippen molar-refractivity contribution in [2.75, 3.05) is 20.0 Å². The van der Waals surface area contributed by atoms with E-state index in [-0.39, 0.29) is 23.4 Å². The van der Waals surface area contributed by atoms with Gasteiger partial charge in [-0.15, -0.1) is 0 Å². The van der Waals surface area contributed by atoms with Gasteiger partial charge in [-0.05, 0) is 54.9 Å². The van der Waals surface area contributed by atoms with E-state index in [0.717, 1.165) is 12.8 Å². The molecule has 192 valence electrons. The normalized spacial score (nSPS) is 19.9. The lowest BCUT2D eigenvalue weighted by Gasteiger charge is -2.36. The van der Waals surface area contributed by atoms with Gasteiger partial charge in [0.25, 0.3) is 5.56 Å². The van der Waals surface area contributed by atoms with Crippen LogP contribution in [-0.4, -0.2) is 41.6 Å². The van der Waals surface area contributed by atoms with Crippen molar-refractivity contribution < 1.29 is 19.0 Å². The molecule has 1 fully saturated rings. The van der Waals surface area contributed by atoms with Gasteiger partial charge in [-0.1, -0.05) is 51.1 Å². The lowest BCUT2D eigenvalue weighted by Crippen LogP contribution is -2.36. The van der Waals surface area contributed by atoms with E-state index in [1.54, 1.807) is 50.6 Å². The van der Waals surface area contributed by atoms with Gasteiger partial charge in [0.1, 0.15) is 17.6 Å². The minimum atomic E-state index is -0.295. The fourth-order valence-electron chi connectivity index (χ4n) is 4.97. The van der Waals surface area contributed by atoms with E-state index < -0.39 is 0 Å². The molecule has 1 aliphatic carbocycles. The lowest BCUT2D eigenvalue weighted by molar-refractivity contribution is -0.152. The number of methoxy groups -OCH3 is 2. The number of carbonyl (C=O) groups is 1. The van der Waals surface area contributed by atoms with E-state index >= 15 is 0 Å². The number of fused-ring (bicyclic) bond motifs is 1. The smallest absolute Gasteiger partial charge is 0.316 e. The molecule has 1 saturated carbocycles. The number of nitrogens with zero attached hydrogens (tertiary/aromatic N) is 2. The molecule has 3 aromatic rings. The fourth-order valence-corrected chi connectivity index (χ4v) is 5.76. The number of rotatable bonds is 8. The Balaban J connectivity index is 1.67. The number of aromatic nitrogens is 2. The Bertz CT molecular complexity index is 1290. The molecule has 0 amide bonds. The van der Waals surface area contributed by atoms with Crippen LogP contribution in [0.15, 0.2) is 52.4 Å². The van der Waals surface area contributed by atoms with E-state index in [9.17, 15) is 9.59 Å². The van der Waals surface area contributed by atoms with E-state index in [2.05, 4.69) is 20.8 Å². The molecule has 0 unspecified atom stereocenters. The zero-order valence-corrected chi connectivity index (χ0v) is 22.3. The molecule has 0 N–H and O–H groups in total. The minimum Gasteiger partial charge on any atom is -0.497 e. The van der Waals surface area contributed by atoms with Gasteiger partial charge in [-0.2, -0.15) is 0 Å². The van der Waals surface area contributed by atoms with E-state index in [1.165, 1.54) is 22.7 Å². The third kappa shape index (κ3) is 5.53. The zero-order chi connectivity index (χ0) is 25.8. The maximum absolute atomic E-state index is 13.6. The summed E-state index contributed by atoms with van der Waals surface area (Å²) in [5, 5.41) is 0.866. The van der Waals surface area contributed by atoms with Crippen LogP contribution >= 0.6 is 11.8 Å². The first-order chi connectivity index (χ1) is 17.3. The van der Waals surface area contributed by atoms with Gasteiger partial charge >= 0.3 is 5.97 Å². The average Bonchev–Trinajstić information content (AvgIpc) is 2.87. The van der Waals surface area contributed by atoms with E-state index in [1.807, 2.05) is 6.07 Å². The van der Waals surface area contributed by atoms with Gasteiger partial charge in [0.05, 0.1) is 36.6 Å². The highest BCUT2D eigenvalue weighted by molar-refractivity contribution is 7.99. The Morgan fingerprint density at radius 1 is 1.14 bits per heavy atom. The van der Waals surface area contributed by atoms with Gasteiger partial charge in [0.2, 0.25) is 0 Å². The number of carbonyl (C=O) groups excluding carboxylic acids is 1. The standard InChI is InChI=1S/C28H34N2O5S/c1-17(2)20-12-10-18(3)14-25(20)35-26(31)16-36-28-29-22-9-7-6-8-21(22)27(32)30(28)23-15-19(33-4)11-13-24(23)34-5/h6-9,11,13,15,17-18,20,25H,10,12,14,16H2,1-5H3/t18-,20-,25+/m0/s1. The third-order valence-electron chi connectivity index (χ3n) is 6.94. The maximum Gasteiger partial charge on any atom is 0.316 e. The number of esters is 1. The summed E-state index contributed by atoms with van der Waals surface area (Å²) in [5.74, 6) is 2.19. The maximum atomic E-state index is 13.6. The van der Waals surface area contributed by atoms with Crippen LogP contribution < -0.4 is 15.0 Å². The molecule has 2 aromatic carbocycles. The van der Waals surface area contributed by atoms with Gasteiger partial charge in [0.15, 0.2) is 5.16 Å². The van der Waals surface area contributed by atoms with Crippen molar-refractivity contribution >= 4 is 28.6 Å². The second kappa shape index (κ2) is 11.4. The van der Waals surface area contributed by atoms with Crippen molar-refractivity contribution in [3.05, 3.63) is 52.8 Å². The second-order valence-electron chi connectivity index (χ2n) is 9.73. The molecule has 0 bridgehead atoms. The monoisotopic (exact) mass is 510 g/mol. The Labute approximate surface area is 216 Å². The summed E-state index contributed by atoms with van der Waals surface area (Å²) in [6.07, 6.45) is 3.05. The van der Waals surface area contributed by atoms with Gasteiger partial charge < -0.3 is 14.2 Å². The van der Waals surface area contributed by atoms with Crippen LogP contribution in [0.3, 0.4) is 0 Å².